The molecule has 1 aromatic heterocycles. The van der Waals surface area contributed by atoms with E-state index in [1.165, 1.54) is 24.8 Å². The molecule has 0 radical (unpaired) electrons. The first kappa shape index (κ1) is 21.8. The van der Waals surface area contributed by atoms with E-state index in [1.54, 1.807) is 0 Å². The number of aryl methyl sites for hydroxylation is 1. The number of amides is 1. The van der Waals surface area contributed by atoms with E-state index in [-0.39, 0.29) is 11.8 Å². The van der Waals surface area contributed by atoms with Gasteiger partial charge < -0.3 is 9.42 Å². The number of hydrogen-bond acceptors (Lipinski definition) is 4. The van der Waals surface area contributed by atoms with Crippen molar-refractivity contribution in [3.8, 4) is 11.4 Å². The van der Waals surface area contributed by atoms with Gasteiger partial charge in [-0.15, -0.1) is 0 Å². The molecule has 31 heavy (non-hydrogen) atoms. The van der Waals surface area contributed by atoms with Crippen LogP contribution in [0.4, 0.5) is 0 Å². The predicted molar refractivity (Wildman–Crippen MR) is 125 cm³/mol. The molecular formula is C25H28BrN3O2. The van der Waals surface area contributed by atoms with Gasteiger partial charge in [0.15, 0.2) is 0 Å². The Bertz CT molecular complexity index is 998. The maximum absolute atomic E-state index is 13.1. The van der Waals surface area contributed by atoms with Crippen LogP contribution in [-0.2, 0) is 6.42 Å². The lowest BCUT2D eigenvalue weighted by Crippen LogP contribution is -2.39. The molecule has 0 spiro atoms. The van der Waals surface area contributed by atoms with Crippen LogP contribution in [0.3, 0.4) is 0 Å². The van der Waals surface area contributed by atoms with Gasteiger partial charge in [0, 0.05) is 28.7 Å². The van der Waals surface area contributed by atoms with E-state index in [2.05, 4.69) is 45.1 Å². The highest BCUT2D eigenvalue weighted by atomic mass is 79.9. The molecule has 2 aromatic carbocycles. The third-order valence-corrected chi connectivity index (χ3v) is 6.40. The zero-order valence-corrected chi connectivity index (χ0v) is 19.5. The number of halogens is 1. The van der Waals surface area contributed by atoms with Crippen LogP contribution >= 0.6 is 15.9 Å². The van der Waals surface area contributed by atoms with Crippen LogP contribution in [0.5, 0.6) is 0 Å². The van der Waals surface area contributed by atoms with E-state index >= 15 is 0 Å². The summed E-state index contributed by atoms with van der Waals surface area (Å²) in [6.07, 6.45) is 6.62. The maximum atomic E-state index is 13.1. The summed E-state index contributed by atoms with van der Waals surface area (Å²) in [7, 11) is 0. The van der Waals surface area contributed by atoms with Crippen molar-refractivity contribution in [1.82, 2.24) is 15.0 Å². The van der Waals surface area contributed by atoms with Gasteiger partial charge in [0.2, 0.25) is 11.7 Å². The molecule has 1 aliphatic rings. The average Bonchev–Trinajstić information content (AvgIpc) is 3.30. The second-order valence-electron chi connectivity index (χ2n) is 8.21. The summed E-state index contributed by atoms with van der Waals surface area (Å²) in [6.45, 7) is 3.59. The van der Waals surface area contributed by atoms with Crippen LogP contribution in [0.25, 0.3) is 11.4 Å². The van der Waals surface area contributed by atoms with Gasteiger partial charge in [-0.25, -0.2) is 0 Å². The number of aromatic nitrogens is 2. The molecule has 0 aliphatic carbocycles. The molecule has 6 heteroatoms. The quantitative estimate of drug-likeness (QED) is 0.374. The number of carbonyl (C=O) groups is 1. The van der Waals surface area contributed by atoms with Crippen LogP contribution in [0.2, 0.25) is 0 Å². The first-order valence-corrected chi connectivity index (χ1v) is 11.9. The van der Waals surface area contributed by atoms with Crippen molar-refractivity contribution in [3.05, 3.63) is 70.0 Å². The van der Waals surface area contributed by atoms with Crippen molar-refractivity contribution in [2.24, 2.45) is 0 Å². The van der Waals surface area contributed by atoms with Crippen LogP contribution < -0.4 is 0 Å². The van der Waals surface area contributed by atoms with Gasteiger partial charge in [0.1, 0.15) is 0 Å². The summed E-state index contributed by atoms with van der Waals surface area (Å²) < 4.78 is 6.58. The van der Waals surface area contributed by atoms with E-state index in [0.29, 0.717) is 18.3 Å². The summed E-state index contributed by atoms with van der Waals surface area (Å²) in [5.74, 6) is 1.35. The summed E-state index contributed by atoms with van der Waals surface area (Å²) in [5.41, 5.74) is 2.97. The van der Waals surface area contributed by atoms with Crippen molar-refractivity contribution < 1.29 is 9.32 Å². The minimum atomic E-state index is 0.0720. The van der Waals surface area contributed by atoms with Crippen molar-refractivity contribution in [1.29, 1.82) is 0 Å². The SMILES string of the molecule is CCCCCc1ccc(C(=O)N2CCCC(c3nc(-c4ccc(Br)cc4)no3)C2)cc1. The molecule has 4 rings (SSSR count). The van der Waals surface area contributed by atoms with Crippen molar-refractivity contribution in [2.45, 2.75) is 51.4 Å². The number of hydrogen-bond donors (Lipinski definition) is 0. The Hall–Kier alpha value is -2.47. The Balaban J connectivity index is 1.40. The molecule has 162 valence electrons. The van der Waals surface area contributed by atoms with Crippen LogP contribution in [0.15, 0.2) is 57.5 Å². The molecule has 5 nitrogen and oxygen atoms in total. The number of piperidine rings is 1. The lowest BCUT2D eigenvalue weighted by atomic mass is 9.97. The van der Waals surface area contributed by atoms with Gasteiger partial charge in [-0.3, -0.25) is 4.79 Å². The first-order valence-electron chi connectivity index (χ1n) is 11.1. The molecule has 1 unspecified atom stereocenters. The predicted octanol–water partition coefficient (Wildman–Crippen LogP) is 6.25. The summed E-state index contributed by atoms with van der Waals surface area (Å²) in [6, 6.07) is 15.9. The van der Waals surface area contributed by atoms with E-state index in [1.807, 2.05) is 41.3 Å². The molecule has 0 bridgehead atoms. The molecular weight excluding hydrogens is 454 g/mol. The van der Waals surface area contributed by atoms with Crippen molar-refractivity contribution in [2.75, 3.05) is 13.1 Å². The Morgan fingerprint density at radius 1 is 1.13 bits per heavy atom. The maximum Gasteiger partial charge on any atom is 0.253 e. The van der Waals surface area contributed by atoms with Crippen molar-refractivity contribution >= 4 is 21.8 Å². The second-order valence-corrected chi connectivity index (χ2v) is 9.12. The zero-order valence-electron chi connectivity index (χ0n) is 17.9. The summed E-state index contributed by atoms with van der Waals surface area (Å²) in [4.78, 5) is 19.6. The third-order valence-electron chi connectivity index (χ3n) is 5.87. The zero-order chi connectivity index (χ0) is 21.6. The molecule has 1 atom stereocenters. The van der Waals surface area contributed by atoms with Gasteiger partial charge in [-0.1, -0.05) is 53.0 Å². The molecule has 1 amide bonds. The molecule has 0 N–H and O–H groups in total. The highest BCUT2D eigenvalue weighted by Crippen LogP contribution is 2.29. The van der Waals surface area contributed by atoms with Crippen LogP contribution in [0.1, 0.15) is 66.8 Å². The molecule has 0 saturated carbocycles. The minimum Gasteiger partial charge on any atom is -0.339 e. The fourth-order valence-corrected chi connectivity index (χ4v) is 4.32. The Kier molecular flexibility index (Phi) is 7.17. The lowest BCUT2D eigenvalue weighted by molar-refractivity contribution is 0.0695. The average molecular weight is 482 g/mol. The third kappa shape index (κ3) is 5.42. The fraction of sp³-hybridized carbons (Fsp3) is 0.400. The highest BCUT2D eigenvalue weighted by molar-refractivity contribution is 9.10. The summed E-state index contributed by atoms with van der Waals surface area (Å²) in [5, 5.41) is 4.15. The van der Waals surface area contributed by atoms with E-state index in [4.69, 9.17) is 4.52 Å². The van der Waals surface area contributed by atoms with Crippen molar-refractivity contribution in [3.63, 3.8) is 0 Å². The van der Waals surface area contributed by atoms with Gasteiger partial charge in [0.25, 0.3) is 5.91 Å². The van der Waals surface area contributed by atoms with E-state index < -0.39 is 0 Å². The Morgan fingerprint density at radius 2 is 1.90 bits per heavy atom. The number of unbranched alkanes of at least 4 members (excludes halogenated alkanes) is 2. The Labute approximate surface area is 192 Å². The smallest absolute Gasteiger partial charge is 0.253 e. The number of likely N-dealkylation sites (tertiary alicyclic amines) is 1. The number of benzene rings is 2. The Morgan fingerprint density at radius 3 is 2.65 bits per heavy atom. The standard InChI is InChI=1S/C25H28BrN3O2/c1-2-3-4-6-18-8-10-20(11-9-18)25(30)29-16-5-7-21(17-29)24-27-23(28-31-24)19-12-14-22(26)15-13-19/h8-15,21H,2-7,16-17H2,1H3. The first-order chi connectivity index (χ1) is 15.1. The number of carbonyl (C=O) groups excluding carboxylic acids is 1. The second kappa shape index (κ2) is 10.2. The minimum absolute atomic E-state index is 0.0720. The van der Waals surface area contributed by atoms with E-state index in [9.17, 15) is 4.79 Å². The normalized spacial score (nSPS) is 16.5. The largest absolute Gasteiger partial charge is 0.339 e. The molecule has 1 saturated heterocycles. The van der Waals surface area contributed by atoms with Crippen LogP contribution in [-0.4, -0.2) is 34.0 Å². The van der Waals surface area contributed by atoms with Crippen LogP contribution in [0, 0.1) is 0 Å². The highest BCUT2D eigenvalue weighted by Gasteiger charge is 2.29. The van der Waals surface area contributed by atoms with Gasteiger partial charge in [-0.2, -0.15) is 4.98 Å². The molecule has 1 aliphatic heterocycles. The monoisotopic (exact) mass is 481 g/mol. The van der Waals surface area contributed by atoms with Gasteiger partial charge in [0.05, 0.1) is 5.92 Å². The number of nitrogens with zero attached hydrogens (tertiary/aromatic N) is 3. The van der Waals surface area contributed by atoms with E-state index in [0.717, 1.165) is 41.4 Å². The fourth-order valence-electron chi connectivity index (χ4n) is 4.06. The molecule has 2 heterocycles. The lowest BCUT2D eigenvalue weighted by Gasteiger charge is -2.31. The number of rotatable bonds is 7. The molecule has 3 aromatic rings. The van der Waals surface area contributed by atoms with Gasteiger partial charge in [-0.05, 0) is 67.6 Å². The topological polar surface area (TPSA) is 59.2 Å². The molecule has 1 fully saturated rings. The van der Waals surface area contributed by atoms with Gasteiger partial charge >= 0.3 is 0 Å². The summed E-state index contributed by atoms with van der Waals surface area (Å²) >= 11 is 3.44.